The molecule has 0 radical (unpaired) electrons. The van der Waals surface area contributed by atoms with Gasteiger partial charge in [0.05, 0.1) is 34.3 Å². The predicted octanol–water partition coefficient (Wildman–Crippen LogP) is 3.31. The lowest BCUT2D eigenvalue weighted by Crippen LogP contribution is -2.40. The number of hydrogen-bond donors (Lipinski definition) is 1. The van der Waals surface area contributed by atoms with E-state index in [0.717, 1.165) is 18.2 Å². The van der Waals surface area contributed by atoms with E-state index < -0.39 is 27.7 Å². The van der Waals surface area contributed by atoms with Crippen LogP contribution in [0.1, 0.15) is 21.5 Å². The van der Waals surface area contributed by atoms with Crippen molar-refractivity contribution < 1.29 is 31.1 Å². The minimum atomic E-state index is -4.49. The zero-order valence-electron chi connectivity index (χ0n) is 15.6. The molecule has 1 aliphatic rings. The molecule has 1 saturated heterocycles. The summed E-state index contributed by atoms with van der Waals surface area (Å²) in [6, 6.07) is 8.31. The predicted molar refractivity (Wildman–Crippen MR) is 104 cm³/mol. The highest BCUT2D eigenvalue weighted by atomic mass is 35.5. The number of nitrogens with one attached hydrogen (secondary N) is 1. The number of ether oxygens (including phenoxy) is 1. The SMILES string of the molecule is O=C(NCc1cccc(C(F)(F)F)c1)c1cc(S(=O)(=O)N2CCOCC2)ccc1Cl. The highest BCUT2D eigenvalue weighted by Gasteiger charge is 2.30. The van der Waals surface area contributed by atoms with Crippen molar-refractivity contribution in [2.24, 2.45) is 0 Å². The van der Waals surface area contributed by atoms with E-state index in [0.29, 0.717) is 0 Å². The van der Waals surface area contributed by atoms with Gasteiger partial charge in [0, 0.05) is 19.6 Å². The van der Waals surface area contributed by atoms with Crippen LogP contribution >= 0.6 is 11.6 Å². The zero-order valence-corrected chi connectivity index (χ0v) is 17.1. The Morgan fingerprint density at radius 2 is 1.83 bits per heavy atom. The van der Waals surface area contributed by atoms with Crippen LogP contribution in [0.25, 0.3) is 0 Å². The number of carbonyl (C=O) groups excluding carboxylic acids is 1. The van der Waals surface area contributed by atoms with E-state index in [2.05, 4.69) is 5.32 Å². The van der Waals surface area contributed by atoms with Crippen LogP contribution in [0.3, 0.4) is 0 Å². The van der Waals surface area contributed by atoms with Crippen molar-refractivity contribution in [2.45, 2.75) is 17.6 Å². The summed E-state index contributed by atoms with van der Waals surface area (Å²) >= 11 is 6.06. The number of halogens is 4. The number of carbonyl (C=O) groups is 1. The molecule has 1 fully saturated rings. The minimum Gasteiger partial charge on any atom is -0.379 e. The lowest BCUT2D eigenvalue weighted by Gasteiger charge is -2.26. The van der Waals surface area contributed by atoms with Crippen molar-refractivity contribution in [2.75, 3.05) is 26.3 Å². The van der Waals surface area contributed by atoms with Crippen LogP contribution in [0, 0.1) is 0 Å². The molecule has 11 heteroatoms. The number of morpholine rings is 1. The lowest BCUT2D eigenvalue weighted by molar-refractivity contribution is -0.137. The monoisotopic (exact) mass is 462 g/mol. The largest absolute Gasteiger partial charge is 0.416 e. The van der Waals surface area contributed by atoms with E-state index in [-0.39, 0.29) is 53.9 Å². The number of sulfonamides is 1. The van der Waals surface area contributed by atoms with Gasteiger partial charge in [-0.1, -0.05) is 23.7 Å². The van der Waals surface area contributed by atoms with Crippen LogP contribution in [0.5, 0.6) is 0 Å². The van der Waals surface area contributed by atoms with Crippen molar-refractivity contribution in [1.29, 1.82) is 0 Å². The van der Waals surface area contributed by atoms with E-state index in [1.807, 2.05) is 0 Å². The van der Waals surface area contributed by atoms with Crippen LogP contribution < -0.4 is 5.32 Å². The summed E-state index contributed by atoms with van der Waals surface area (Å²) < 4.78 is 70.4. The molecule has 1 amide bonds. The molecule has 6 nitrogen and oxygen atoms in total. The molecule has 0 aromatic heterocycles. The summed E-state index contributed by atoms with van der Waals surface area (Å²) in [4.78, 5) is 12.4. The maximum atomic E-state index is 12.8. The number of alkyl halides is 3. The first kappa shape index (κ1) is 22.5. The number of rotatable bonds is 5. The van der Waals surface area contributed by atoms with Gasteiger partial charge >= 0.3 is 6.18 Å². The molecule has 30 heavy (non-hydrogen) atoms. The molecule has 2 aromatic rings. The first-order valence-electron chi connectivity index (χ1n) is 8.91. The van der Waals surface area contributed by atoms with Crippen molar-refractivity contribution in [3.8, 4) is 0 Å². The summed E-state index contributed by atoms with van der Waals surface area (Å²) in [6.07, 6.45) is -4.49. The third kappa shape index (κ3) is 5.12. The number of hydrogen-bond acceptors (Lipinski definition) is 4. The van der Waals surface area contributed by atoms with Crippen molar-refractivity contribution in [3.63, 3.8) is 0 Å². The summed E-state index contributed by atoms with van der Waals surface area (Å²) in [5.74, 6) is -0.698. The Labute approximate surface area is 176 Å². The average Bonchev–Trinajstić information content (AvgIpc) is 2.72. The van der Waals surface area contributed by atoms with Gasteiger partial charge in [0.15, 0.2) is 0 Å². The Morgan fingerprint density at radius 1 is 1.13 bits per heavy atom. The van der Waals surface area contributed by atoms with Gasteiger partial charge in [-0.3, -0.25) is 4.79 Å². The second-order valence-corrected chi connectivity index (χ2v) is 8.88. The molecule has 1 N–H and O–H groups in total. The van der Waals surface area contributed by atoms with Crippen LogP contribution in [0.4, 0.5) is 13.2 Å². The maximum absolute atomic E-state index is 12.8. The zero-order chi connectivity index (χ0) is 21.9. The van der Waals surface area contributed by atoms with Gasteiger partial charge in [-0.15, -0.1) is 0 Å². The van der Waals surface area contributed by atoms with Crippen molar-refractivity contribution >= 4 is 27.5 Å². The van der Waals surface area contributed by atoms with Gasteiger partial charge in [0.1, 0.15) is 0 Å². The molecule has 0 unspecified atom stereocenters. The summed E-state index contributed by atoms with van der Waals surface area (Å²) in [7, 11) is -3.83. The Kier molecular flexibility index (Phi) is 6.71. The highest BCUT2D eigenvalue weighted by molar-refractivity contribution is 7.89. The molecule has 1 heterocycles. The van der Waals surface area contributed by atoms with E-state index in [1.54, 1.807) is 0 Å². The van der Waals surface area contributed by atoms with E-state index in [1.165, 1.54) is 28.6 Å². The van der Waals surface area contributed by atoms with Crippen LogP contribution in [0.15, 0.2) is 47.4 Å². The Bertz CT molecular complexity index is 1040. The molecule has 2 aromatic carbocycles. The normalized spacial score (nSPS) is 15.7. The Hall–Kier alpha value is -2.14. The number of amides is 1. The summed E-state index contributed by atoms with van der Waals surface area (Å²) in [6.45, 7) is 0.762. The molecular formula is C19H18ClF3N2O4S. The molecule has 1 aliphatic heterocycles. The molecular weight excluding hydrogens is 445 g/mol. The minimum absolute atomic E-state index is 0.0254. The van der Waals surface area contributed by atoms with Gasteiger partial charge in [-0.05, 0) is 35.9 Å². The standard InChI is InChI=1S/C19H18ClF3N2O4S/c20-17-5-4-15(30(27,28)25-6-8-29-9-7-25)11-16(17)18(26)24-12-13-2-1-3-14(10-13)19(21,22)23/h1-5,10-11H,6-9,12H2,(H,24,26). The molecule has 0 atom stereocenters. The smallest absolute Gasteiger partial charge is 0.379 e. The van der Waals surface area contributed by atoms with Gasteiger partial charge in [-0.25, -0.2) is 8.42 Å². The van der Waals surface area contributed by atoms with E-state index in [4.69, 9.17) is 16.3 Å². The first-order chi connectivity index (χ1) is 14.1. The Balaban J connectivity index is 1.77. The second kappa shape index (κ2) is 8.93. The first-order valence-corrected chi connectivity index (χ1v) is 10.7. The van der Waals surface area contributed by atoms with Crippen molar-refractivity contribution in [3.05, 3.63) is 64.2 Å². The van der Waals surface area contributed by atoms with Crippen LogP contribution in [-0.4, -0.2) is 44.9 Å². The fourth-order valence-electron chi connectivity index (χ4n) is 2.91. The third-order valence-electron chi connectivity index (χ3n) is 4.50. The molecule has 0 aliphatic carbocycles. The molecule has 0 saturated carbocycles. The van der Waals surface area contributed by atoms with E-state index >= 15 is 0 Å². The summed E-state index contributed by atoms with van der Waals surface area (Å²) in [5, 5.41) is 2.50. The van der Waals surface area contributed by atoms with Gasteiger partial charge in [0.25, 0.3) is 5.91 Å². The molecule has 3 rings (SSSR count). The molecule has 0 spiro atoms. The molecule has 162 valence electrons. The van der Waals surface area contributed by atoms with Gasteiger partial charge in [0.2, 0.25) is 10.0 Å². The Morgan fingerprint density at radius 3 is 2.50 bits per heavy atom. The van der Waals surface area contributed by atoms with Crippen LogP contribution in [-0.2, 0) is 27.5 Å². The maximum Gasteiger partial charge on any atom is 0.416 e. The molecule has 0 bridgehead atoms. The van der Waals surface area contributed by atoms with E-state index in [9.17, 15) is 26.4 Å². The average molecular weight is 463 g/mol. The number of nitrogens with zero attached hydrogens (tertiary/aromatic N) is 1. The number of benzene rings is 2. The van der Waals surface area contributed by atoms with Gasteiger partial charge in [-0.2, -0.15) is 17.5 Å². The fraction of sp³-hybridized carbons (Fsp3) is 0.316. The summed E-state index contributed by atoms with van der Waals surface area (Å²) in [5.41, 5.74) is -0.671. The third-order valence-corrected chi connectivity index (χ3v) is 6.72. The van der Waals surface area contributed by atoms with Gasteiger partial charge < -0.3 is 10.1 Å². The topological polar surface area (TPSA) is 75.7 Å². The highest BCUT2D eigenvalue weighted by Crippen LogP contribution is 2.29. The quantitative estimate of drug-likeness (QED) is 0.739. The second-order valence-electron chi connectivity index (χ2n) is 6.54. The fourth-order valence-corrected chi connectivity index (χ4v) is 4.55. The lowest BCUT2D eigenvalue weighted by atomic mass is 10.1. The van der Waals surface area contributed by atoms with Crippen molar-refractivity contribution in [1.82, 2.24) is 9.62 Å². The van der Waals surface area contributed by atoms with Crippen LogP contribution in [0.2, 0.25) is 5.02 Å².